The smallest absolute Gasteiger partial charge is 0.346 e. The van der Waals surface area contributed by atoms with Crippen LogP contribution < -0.4 is 0 Å². The van der Waals surface area contributed by atoms with E-state index in [1.54, 1.807) is 6.92 Å². The molecule has 0 radical (unpaired) electrons. The summed E-state index contributed by atoms with van der Waals surface area (Å²) in [6.07, 6.45) is 1.03. The molecule has 0 fully saturated rings. The van der Waals surface area contributed by atoms with Crippen molar-refractivity contribution < 1.29 is 19.5 Å². The second-order valence-electron chi connectivity index (χ2n) is 1.88. The minimum Gasteiger partial charge on any atom is -0.346 e. The zero-order valence-corrected chi connectivity index (χ0v) is 11.4. The van der Waals surface area contributed by atoms with Crippen molar-refractivity contribution >= 4 is 0 Å². The maximum Gasteiger partial charge on any atom is 2.00 e. The van der Waals surface area contributed by atoms with Crippen LogP contribution in [0.1, 0.15) is 27.2 Å². The Kier molecular flexibility index (Phi) is 27.1. The second kappa shape index (κ2) is 16.9. The van der Waals surface area contributed by atoms with E-state index in [9.17, 15) is 0 Å². The van der Waals surface area contributed by atoms with Crippen molar-refractivity contribution in [2.45, 2.75) is 27.2 Å². The Morgan fingerprint density at radius 1 is 1.09 bits per heavy atom. The number of nitrogens with zero attached hydrogens (tertiary/aromatic N) is 1. The van der Waals surface area contributed by atoms with Gasteiger partial charge in [-0.3, -0.25) is 0 Å². The molecule has 0 N–H and O–H groups in total. The third-order valence-corrected chi connectivity index (χ3v) is 1.37. The van der Waals surface area contributed by atoms with Gasteiger partial charge in [0.2, 0.25) is 0 Å². The summed E-state index contributed by atoms with van der Waals surface area (Å²) in [6.45, 7) is 16.6. The summed E-state index contributed by atoms with van der Waals surface area (Å²) in [5.41, 5.74) is 0. The van der Waals surface area contributed by atoms with Crippen LogP contribution in [0.2, 0.25) is 0 Å². The first-order valence-corrected chi connectivity index (χ1v) is 4.07. The molecule has 0 rings (SSSR count). The van der Waals surface area contributed by atoms with Crippen molar-refractivity contribution in [3.8, 4) is 0 Å². The summed E-state index contributed by atoms with van der Waals surface area (Å²) in [7, 11) is 0. The molecule has 0 aromatic rings. The molecule has 0 atom stereocenters. The van der Waals surface area contributed by atoms with Gasteiger partial charge in [0.05, 0.1) is 0 Å². The molecular weight excluding hydrogens is 187 g/mol. The van der Waals surface area contributed by atoms with Gasteiger partial charge in [-0.2, -0.15) is 13.3 Å². The number of hydrogen-bond donors (Lipinski definition) is 0. The van der Waals surface area contributed by atoms with Gasteiger partial charge < -0.3 is 18.7 Å². The number of hydrogen-bond acceptors (Lipinski definition) is 1. The maximum absolute atomic E-state index is 3.78. The van der Waals surface area contributed by atoms with Crippen molar-refractivity contribution in [1.82, 2.24) is 4.90 Å². The van der Waals surface area contributed by atoms with Crippen molar-refractivity contribution in [3.05, 3.63) is 13.8 Å². The van der Waals surface area contributed by atoms with Crippen LogP contribution >= 0.6 is 0 Å². The maximum atomic E-state index is 3.78. The second-order valence-corrected chi connectivity index (χ2v) is 1.88. The molecule has 0 aliphatic carbocycles. The molecule has 0 heterocycles. The van der Waals surface area contributed by atoms with E-state index in [-0.39, 0.29) is 19.5 Å². The molecule has 0 aliphatic rings. The van der Waals surface area contributed by atoms with Crippen LogP contribution in [-0.4, -0.2) is 24.5 Å². The fraction of sp³-hybridized carbons (Fsp3) is 0.778. The largest absolute Gasteiger partial charge is 2.00 e. The van der Waals surface area contributed by atoms with Crippen LogP contribution in [0.15, 0.2) is 0 Å². The molecule has 64 valence electrons. The summed E-state index contributed by atoms with van der Waals surface area (Å²) in [4.78, 5) is 2.37. The Morgan fingerprint density at radius 3 is 1.55 bits per heavy atom. The molecule has 0 saturated carbocycles. The first kappa shape index (κ1) is 17.6. The van der Waals surface area contributed by atoms with Crippen molar-refractivity contribution in [2.24, 2.45) is 0 Å². The topological polar surface area (TPSA) is 3.24 Å². The van der Waals surface area contributed by atoms with Crippen LogP contribution in [0, 0.1) is 13.8 Å². The Labute approximate surface area is 85.3 Å². The van der Waals surface area contributed by atoms with E-state index in [1.165, 1.54) is 0 Å². The molecule has 1 nitrogen and oxygen atoms in total. The Hall–Kier alpha value is 0.583. The van der Waals surface area contributed by atoms with Gasteiger partial charge in [0.15, 0.2) is 0 Å². The summed E-state index contributed by atoms with van der Waals surface area (Å²) < 4.78 is 0. The average Bonchev–Trinajstić information content (AvgIpc) is 2.04. The molecule has 0 aromatic carbocycles. The average molecular weight is 209 g/mol. The van der Waals surface area contributed by atoms with E-state index in [2.05, 4.69) is 32.6 Å². The molecule has 2 heteroatoms. The summed E-state index contributed by atoms with van der Waals surface area (Å²) in [6, 6.07) is 0. The molecule has 0 bridgehead atoms. The Balaban J connectivity index is -0.000000196. The molecule has 11 heavy (non-hydrogen) atoms. The van der Waals surface area contributed by atoms with Gasteiger partial charge in [0.25, 0.3) is 0 Å². The molecule has 0 spiro atoms. The van der Waals surface area contributed by atoms with Gasteiger partial charge >= 0.3 is 19.5 Å². The minimum absolute atomic E-state index is 0. The Bertz CT molecular complexity index is 44.8. The third-order valence-electron chi connectivity index (χ3n) is 1.37. The zero-order valence-electron chi connectivity index (χ0n) is 8.40. The molecular formula is C9H21NZn. The van der Waals surface area contributed by atoms with Crippen LogP contribution in [0.25, 0.3) is 0 Å². The van der Waals surface area contributed by atoms with E-state index >= 15 is 0 Å². The van der Waals surface area contributed by atoms with Crippen LogP contribution in [0.3, 0.4) is 0 Å². The third kappa shape index (κ3) is 13.6. The quantitative estimate of drug-likeness (QED) is 0.507. The van der Waals surface area contributed by atoms with Gasteiger partial charge in [0.1, 0.15) is 0 Å². The van der Waals surface area contributed by atoms with E-state index in [0.717, 1.165) is 26.1 Å². The normalized spacial score (nSPS) is 8.18. The van der Waals surface area contributed by atoms with Gasteiger partial charge in [-0.05, 0) is 19.6 Å². The molecule has 0 aliphatic heterocycles. The summed E-state index contributed by atoms with van der Waals surface area (Å²) in [5.74, 6) is 0. The van der Waals surface area contributed by atoms with E-state index in [4.69, 9.17) is 0 Å². The van der Waals surface area contributed by atoms with Gasteiger partial charge in [-0.1, -0.05) is 13.8 Å². The monoisotopic (exact) mass is 207 g/mol. The van der Waals surface area contributed by atoms with Crippen LogP contribution in [-0.2, 0) is 19.5 Å². The molecule has 0 aromatic heterocycles. The SMILES string of the molecule is [CH2-]C.[CH2-]CCN(CC)CC.[Zn+2]. The van der Waals surface area contributed by atoms with E-state index in [0.29, 0.717) is 0 Å². The standard InChI is InChI=1S/C7H16N.C2H5.Zn/c1-4-7-8(5-2)6-3;1-2;/h1,4-7H2,2-3H3;1H2,2H3;/q2*-1;+2. The van der Waals surface area contributed by atoms with Gasteiger partial charge in [-0.15, -0.1) is 0 Å². The minimum atomic E-state index is 0. The van der Waals surface area contributed by atoms with E-state index < -0.39 is 0 Å². The predicted octanol–water partition coefficient (Wildman–Crippen LogP) is 2.39. The predicted molar refractivity (Wildman–Crippen MR) is 48.8 cm³/mol. The molecule has 0 amide bonds. The first-order chi connectivity index (χ1) is 4.85. The van der Waals surface area contributed by atoms with Crippen molar-refractivity contribution in [3.63, 3.8) is 0 Å². The van der Waals surface area contributed by atoms with Crippen LogP contribution in [0.5, 0.6) is 0 Å². The molecule has 0 saturated heterocycles. The van der Waals surface area contributed by atoms with E-state index in [1.807, 2.05) is 0 Å². The van der Waals surface area contributed by atoms with Crippen LogP contribution in [0.4, 0.5) is 0 Å². The number of rotatable bonds is 4. The summed E-state index contributed by atoms with van der Waals surface area (Å²) >= 11 is 0. The van der Waals surface area contributed by atoms with Gasteiger partial charge in [-0.25, -0.2) is 0 Å². The van der Waals surface area contributed by atoms with Gasteiger partial charge in [0, 0.05) is 0 Å². The Morgan fingerprint density at radius 2 is 1.45 bits per heavy atom. The zero-order chi connectivity index (χ0) is 8.41. The van der Waals surface area contributed by atoms with Crippen molar-refractivity contribution in [1.29, 1.82) is 0 Å². The first-order valence-electron chi connectivity index (χ1n) is 4.07. The fourth-order valence-electron chi connectivity index (χ4n) is 0.763. The van der Waals surface area contributed by atoms with Crippen molar-refractivity contribution in [2.75, 3.05) is 19.6 Å². The summed E-state index contributed by atoms with van der Waals surface area (Å²) in [5, 5.41) is 0. The fourth-order valence-corrected chi connectivity index (χ4v) is 0.763. The molecule has 0 unspecified atom stereocenters.